The molecule has 1 N–H and O–H groups in total. The van der Waals surface area contributed by atoms with E-state index in [1.807, 2.05) is 31.2 Å². The quantitative estimate of drug-likeness (QED) is 0.906. The lowest BCUT2D eigenvalue weighted by Crippen LogP contribution is -2.29. The normalized spacial score (nSPS) is 25.0. The first kappa shape index (κ1) is 14.4. The van der Waals surface area contributed by atoms with Crippen LogP contribution in [0, 0.1) is 0 Å². The van der Waals surface area contributed by atoms with Crippen molar-refractivity contribution in [3.8, 4) is 5.75 Å². The van der Waals surface area contributed by atoms with E-state index in [9.17, 15) is 5.11 Å². The second kappa shape index (κ2) is 6.40. The van der Waals surface area contributed by atoms with Gasteiger partial charge in [-0.15, -0.1) is 0 Å². The van der Waals surface area contributed by atoms with Gasteiger partial charge in [0.25, 0.3) is 0 Å². The molecule has 1 atom stereocenters. The lowest BCUT2D eigenvalue weighted by atomic mass is 9.87. The van der Waals surface area contributed by atoms with E-state index < -0.39 is 5.60 Å². The molecule has 1 heterocycles. The van der Waals surface area contributed by atoms with Gasteiger partial charge in [-0.3, -0.25) is 0 Å². The van der Waals surface area contributed by atoms with Gasteiger partial charge in [-0.05, 0) is 57.0 Å². The highest BCUT2D eigenvalue weighted by molar-refractivity contribution is 5.31. The molecule has 0 aliphatic carbocycles. The smallest absolute Gasteiger partial charge is 0.119 e. The van der Waals surface area contributed by atoms with Crippen molar-refractivity contribution in [2.24, 2.45) is 0 Å². The standard InChI is InChI=1S/C16H25NO2/c1-3-17-12-5-10-16(18,11-13-17)14-6-8-15(9-7-14)19-4-2/h6-9,18H,3-5,10-13H2,1-2H3. The number of hydrogen-bond donors (Lipinski definition) is 1. The summed E-state index contributed by atoms with van der Waals surface area (Å²) < 4.78 is 5.45. The maximum atomic E-state index is 10.9. The summed E-state index contributed by atoms with van der Waals surface area (Å²) in [6.07, 6.45) is 2.71. The number of benzene rings is 1. The Bertz CT molecular complexity index is 390. The molecule has 1 aliphatic rings. The van der Waals surface area contributed by atoms with Gasteiger partial charge in [0.1, 0.15) is 5.75 Å². The van der Waals surface area contributed by atoms with Crippen molar-refractivity contribution in [2.75, 3.05) is 26.2 Å². The average molecular weight is 263 g/mol. The lowest BCUT2D eigenvalue weighted by Gasteiger charge is -2.27. The van der Waals surface area contributed by atoms with Crippen LogP contribution in [0.25, 0.3) is 0 Å². The maximum Gasteiger partial charge on any atom is 0.119 e. The number of hydrogen-bond acceptors (Lipinski definition) is 3. The van der Waals surface area contributed by atoms with Gasteiger partial charge in [0.15, 0.2) is 0 Å². The molecule has 3 nitrogen and oxygen atoms in total. The first-order valence-electron chi connectivity index (χ1n) is 7.36. The first-order chi connectivity index (χ1) is 9.18. The Labute approximate surface area is 116 Å². The van der Waals surface area contributed by atoms with E-state index in [2.05, 4.69) is 11.8 Å². The third-order valence-corrected chi connectivity index (χ3v) is 4.06. The number of ether oxygens (including phenoxy) is 1. The van der Waals surface area contributed by atoms with Gasteiger partial charge in [0.2, 0.25) is 0 Å². The predicted molar refractivity (Wildman–Crippen MR) is 77.5 cm³/mol. The van der Waals surface area contributed by atoms with E-state index in [0.717, 1.165) is 50.2 Å². The Balaban J connectivity index is 2.10. The Morgan fingerprint density at radius 3 is 2.53 bits per heavy atom. The van der Waals surface area contributed by atoms with Crippen LogP contribution >= 0.6 is 0 Å². The molecule has 0 amide bonds. The van der Waals surface area contributed by atoms with Crippen LogP contribution < -0.4 is 4.74 Å². The van der Waals surface area contributed by atoms with Gasteiger partial charge in [-0.25, -0.2) is 0 Å². The van der Waals surface area contributed by atoms with Crippen molar-refractivity contribution >= 4 is 0 Å². The van der Waals surface area contributed by atoms with Crippen LogP contribution in [0.4, 0.5) is 0 Å². The molecule has 1 aromatic carbocycles. The Hall–Kier alpha value is -1.06. The summed E-state index contributed by atoms with van der Waals surface area (Å²) >= 11 is 0. The molecule has 1 aliphatic heterocycles. The number of nitrogens with zero attached hydrogens (tertiary/aromatic N) is 1. The minimum atomic E-state index is -0.672. The van der Waals surface area contributed by atoms with Gasteiger partial charge in [-0.2, -0.15) is 0 Å². The maximum absolute atomic E-state index is 10.9. The molecule has 19 heavy (non-hydrogen) atoms. The van der Waals surface area contributed by atoms with E-state index in [1.54, 1.807) is 0 Å². The fraction of sp³-hybridized carbons (Fsp3) is 0.625. The fourth-order valence-electron chi connectivity index (χ4n) is 2.81. The highest BCUT2D eigenvalue weighted by atomic mass is 16.5. The molecule has 0 spiro atoms. The number of likely N-dealkylation sites (tertiary alicyclic amines) is 1. The van der Waals surface area contributed by atoms with Crippen LogP contribution in [-0.2, 0) is 5.60 Å². The molecule has 106 valence electrons. The minimum absolute atomic E-state index is 0.672. The molecule has 1 saturated heterocycles. The molecule has 2 rings (SSSR count). The lowest BCUT2D eigenvalue weighted by molar-refractivity contribution is 0.0213. The second-order valence-corrected chi connectivity index (χ2v) is 5.28. The van der Waals surface area contributed by atoms with Crippen LogP contribution in [0.5, 0.6) is 5.75 Å². The monoisotopic (exact) mass is 263 g/mol. The van der Waals surface area contributed by atoms with Crippen LogP contribution in [0.2, 0.25) is 0 Å². The summed E-state index contributed by atoms with van der Waals surface area (Å²) in [5, 5.41) is 10.9. The highest BCUT2D eigenvalue weighted by Crippen LogP contribution is 2.33. The Morgan fingerprint density at radius 1 is 1.16 bits per heavy atom. The fourth-order valence-corrected chi connectivity index (χ4v) is 2.81. The first-order valence-corrected chi connectivity index (χ1v) is 7.36. The molecule has 0 bridgehead atoms. The Kier molecular flexibility index (Phi) is 4.83. The van der Waals surface area contributed by atoms with E-state index >= 15 is 0 Å². The molecule has 0 radical (unpaired) electrons. The van der Waals surface area contributed by atoms with Crippen LogP contribution in [0.15, 0.2) is 24.3 Å². The van der Waals surface area contributed by atoms with Crippen LogP contribution in [-0.4, -0.2) is 36.2 Å². The summed E-state index contributed by atoms with van der Waals surface area (Å²) in [5.74, 6) is 0.874. The molecular formula is C16H25NO2. The van der Waals surface area contributed by atoms with Crippen molar-refractivity contribution in [3.63, 3.8) is 0 Å². The zero-order chi connectivity index (χ0) is 13.7. The van der Waals surface area contributed by atoms with Gasteiger partial charge >= 0.3 is 0 Å². The van der Waals surface area contributed by atoms with Gasteiger partial charge in [0, 0.05) is 6.54 Å². The topological polar surface area (TPSA) is 32.7 Å². The molecule has 0 aromatic heterocycles. The molecule has 1 fully saturated rings. The molecule has 3 heteroatoms. The molecule has 0 saturated carbocycles. The minimum Gasteiger partial charge on any atom is -0.494 e. The zero-order valence-electron chi connectivity index (χ0n) is 12.1. The molecule has 1 unspecified atom stereocenters. The van der Waals surface area contributed by atoms with Crippen molar-refractivity contribution in [1.29, 1.82) is 0 Å². The summed E-state index contributed by atoms with van der Waals surface area (Å²) in [4.78, 5) is 2.41. The van der Waals surface area contributed by atoms with Crippen molar-refractivity contribution < 1.29 is 9.84 Å². The SMILES string of the molecule is CCOc1ccc(C2(O)CCCN(CC)CC2)cc1. The third-order valence-electron chi connectivity index (χ3n) is 4.06. The van der Waals surface area contributed by atoms with Gasteiger partial charge in [0.05, 0.1) is 12.2 Å². The van der Waals surface area contributed by atoms with E-state index in [0.29, 0.717) is 6.61 Å². The third kappa shape index (κ3) is 3.48. The van der Waals surface area contributed by atoms with Crippen LogP contribution in [0.1, 0.15) is 38.7 Å². The highest BCUT2D eigenvalue weighted by Gasteiger charge is 2.31. The van der Waals surface area contributed by atoms with E-state index in [4.69, 9.17) is 4.74 Å². The molecular weight excluding hydrogens is 238 g/mol. The number of aliphatic hydroxyl groups is 1. The largest absolute Gasteiger partial charge is 0.494 e. The van der Waals surface area contributed by atoms with E-state index in [-0.39, 0.29) is 0 Å². The van der Waals surface area contributed by atoms with Crippen molar-refractivity contribution in [1.82, 2.24) is 4.90 Å². The second-order valence-electron chi connectivity index (χ2n) is 5.28. The van der Waals surface area contributed by atoms with Gasteiger partial charge < -0.3 is 14.7 Å². The zero-order valence-corrected chi connectivity index (χ0v) is 12.1. The average Bonchev–Trinajstić information content (AvgIpc) is 2.63. The van der Waals surface area contributed by atoms with E-state index in [1.165, 1.54) is 0 Å². The van der Waals surface area contributed by atoms with Crippen molar-refractivity contribution in [3.05, 3.63) is 29.8 Å². The van der Waals surface area contributed by atoms with Crippen LogP contribution in [0.3, 0.4) is 0 Å². The molecule has 1 aromatic rings. The van der Waals surface area contributed by atoms with Gasteiger partial charge in [-0.1, -0.05) is 19.1 Å². The summed E-state index contributed by atoms with van der Waals surface area (Å²) in [7, 11) is 0. The van der Waals surface area contributed by atoms with Crippen molar-refractivity contribution in [2.45, 2.75) is 38.7 Å². The summed E-state index contributed by atoms with van der Waals surface area (Å²) in [5.41, 5.74) is 0.350. The Morgan fingerprint density at radius 2 is 1.89 bits per heavy atom. The predicted octanol–water partition coefficient (Wildman–Crippen LogP) is 2.78. The number of rotatable bonds is 4. The summed E-state index contributed by atoms with van der Waals surface area (Å²) in [6.45, 7) is 7.97. The summed E-state index contributed by atoms with van der Waals surface area (Å²) in [6, 6.07) is 7.93.